The van der Waals surface area contributed by atoms with E-state index in [0.717, 1.165) is 5.56 Å². The fraction of sp³-hybridized carbons (Fsp3) is 0.0714. The fourth-order valence-corrected chi connectivity index (χ4v) is 1.89. The van der Waals surface area contributed by atoms with Gasteiger partial charge >= 0.3 is 0 Å². The summed E-state index contributed by atoms with van der Waals surface area (Å²) < 4.78 is 0.702. The third kappa shape index (κ3) is 3.42. The molecule has 0 saturated carbocycles. The highest BCUT2D eigenvalue weighted by atomic mass is 79.9. The summed E-state index contributed by atoms with van der Waals surface area (Å²) in [5.74, 6) is -0.577. The van der Waals surface area contributed by atoms with Gasteiger partial charge in [0.15, 0.2) is 0 Å². The molecule has 102 valence electrons. The molecule has 1 amide bonds. The number of pyridine rings is 1. The minimum atomic E-state index is -0.480. The zero-order valence-electron chi connectivity index (χ0n) is 10.7. The monoisotopic (exact) mass is 333 g/mol. The Hall–Kier alpha value is -2.21. The number of phenols is 1. The molecule has 1 aromatic heterocycles. The number of hydrazone groups is 1. The van der Waals surface area contributed by atoms with Crippen LogP contribution in [0, 0.1) is 0 Å². The van der Waals surface area contributed by atoms with Crippen LogP contribution < -0.4 is 5.43 Å². The van der Waals surface area contributed by atoms with E-state index in [2.05, 4.69) is 31.4 Å². The molecule has 1 aromatic carbocycles. The Labute approximate surface area is 124 Å². The van der Waals surface area contributed by atoms with Gasteiger partial charge in [-0.2, -0.15) is 5.10 Å². The maximum absolute atomic E-state index is 11.9. The normalized spacial score (nSPS) is 11.2. The third-order valence-electron chi connectivity index (χ3n) is 2.61. The van der Waals surface area contributed by atoms with Crippen LogP contribution in [0.1, 0.15) is 22.8 Å². The zero-order valence-corrected chi connectivity index (χ0v) is 12.3. The number of hydrogen-bond acceptors (Lipinski definition) is 4. The van der Waals surface area contributed by atoms with E-state index < -0.39 is 5.91 Å². The van der Waals surface area contributed by atoms with E-state index in [1.807, 2.05) is 6.07 Å². The predicted molar refractivity (Wildman–Crippen MR) is 79.7 cm³/mol. The molecule has 0 atom stereocenters. The Morgan fingerprint density at radius 1 is 1.40 bits per heavy atom. The van der Waals surface area contributed by atoms with Gasteiger partial charge in [-0.05, 0) is 31.2 Å². The molecule has 2 N–H and O–H groups in total. The van der Waals surface area contributed by atoms with Crippen LogP contribution in [-0.2, 0) is 0 Å². The lowest BCUT2D eigenvalue weighted by Gasteiger charge is -2.05. The molecule has 0 aliphatic rings. The minimum absolute atomic E-state index is 0.0973. The Morgan fingerprint density at radius 3 is 2.90 bits per heavy atom. The van der Waals surface area contributed by atoms with Crippen LogP contribution in [0.3, 0.4) is 0 Å². The van der Waals surface area contributed by atoms with Crippen molar-refractivity contribution >= 4 is 27.5 Å². The van der Waals surface area contributed by atoms with Crippen LogP contribution in [-0.4, -0.2) is 21.7 Å². The number of phenolic OH excluding ortho intramolecular Hbond substituents is 1. The number of benzene rings is 1. The van der Waals surface area contributed by atoms with Gasteiger partial charge in [-0.1, -0.05) is 22.0 Å². The quantitative estimate of drug-likeness (QED) is 0.669. The molecule has 0 unspecified atom stereocenters. The minimum Gasteiger partial charge on any atom is -0.507 e. The Morgan fingerprint density at radius 2 is 2.20 bits per heavy atom. The van der Waals surface area contributed by atoms with Crippen LogP contribution in [0.5, 0.6) is 5.75 Å². The van der Waals surface area contributed by atoms with Crippen molar-refractivity contribution < 1.29 is 9.90 Å². The van der Waals surface area contributed by atoms with Crippen molar-refractivity contribution in [3.63, 3.8) is 0 Å². The second-order valence-corrected chi connectivity index (χ2v) is 4.96. The van der Waals surface area contributed by atoms with Crippen molar-refractivity contribution in [2.24, 2.45) is 5.10 Å². The molecule has 0 fully saturated rings. The summed E-state index contributed by atoms with van der Waals surface area (Å²) in [7, 11) is 0. The largest absolute Gasteiger partial charge is 0.507 e. The van der Waals surface area contributed by atoms with E-state index in [1.165, 1.54) is 12.1 Å². The SMILES string of the molecule is C/C(=N\NC(=O)c1cc(Br)ccc1O)c1cccnc1. The lowest BCUT2D eigenvalue weighted by Crippen LogP contribution is -2.19. The topological polar surface area (TPSA) is 74.6 Å². The first kappa shape index (κ1) is 14.2. The third-order valence-corrected chi connectivity index (χ3v) is 3.10. The summed E-state index contributed by atoms with van der Waals surface area (Å²) >= 11 is 3.25. The molecule has 2 aromatic rings. The number of nitrogens with one attached hydrogen (secondary N) is 1. The lowest BCUT2D eigenvalue weighted by molar-refractivity contribution is 0.0952. The predicted octanol–water partition coefficient (Wildman–Crippen LogP) is 2.70. The van der Waals surface area contributed by atoms with E-state index in [0.29, 0.717) is 10.2 Å². The lowest BCUT2D eigenvalue weighted by atomic mass is 10.2. The second-order valence-electron chi connectivity index (χ2n) is 4.04. The van der Waals surface area contributed by atoms with Gasteiger partial charge in [0.25, 0.3) is 5.91 Å². The maximum Gasteiger partial charge on any atom is 0.275 e. The molecule has 0 aliphatic heterocycles. The molecule has 0 aliphatic carbocycles. The molecule has 0 bridgehead atoms. The van der Waals surface area contributed by atoms with E-state index in [9.17, 15) is 9.90 Å². The summed E-state index contributed by atoms with van der Waals surface area (Å²) in [6.07, 6.45) is 3.32. The summed E-state index contributed by atoms with van der Waals surface area (Å²) in [5, 5.41) is 13.6. The van der Waals surface area contributed by atoms with Gasteiger partial charge in [0.05, 0.1) is 11.3 Å². The zero-order chi connectivity index (χ0) is 14.5. The van der Waals surface area contributed by atoms with Gasteiger partial charge in [0, 0.05) is 22.4 Å². The molecule has 6 heteroatoms. The fourth-order valence-electron chi connectivity index (χ4n) is 1.53. The summed E-state index contributed by atoms with van der Waals surface area (Å²) in [4.78, 5) is 15.9. The number of halogens is 1. The number of aromatic hydroxyl groups is 1. The number of aromatic nitrogens is 1. The van der Waals surface area contributed by atoms with Crippen molar-refractivity contribution in [2.45, 2.75) is 6.92 Å². The number of nitrogens with zero attached hydrogens (tertiary/aromatic N) is 2. The van der Waals surface area contributed by atoms with Crippen molar-refractivity contribution in [1.29, 1.82) is 0 Å². The van der Waals surface area contributed by atoms with E-state index >= 15 is 0 Å². The Bertz CT molecular complexity index is 657. The first-order valence-corrected chi connectivity index (χ1v) is 6.61. The first-order chi connectivity index (χ1) is 9.58. The van der Waals surface area contributed by atoms with Crippen LogP contribution in [0.25, 0.3) is 0 Å². The number of hydrogen-bond donors (Lipinski definition) is 2. The van der Waals surface area contributed by atoms with Crippen molar-refractivity contribution in [1.82, 2.24) is 10.4 Å². The average molecular weight is 334 g/mol. The highest BCUT2D eigenvalue weighted by Gasteiger charge is 2.11. The molecule has 20 heavy (non-hydrogen) atoms. The van der Waals surface area contributed by atoms with Gasteiger partial charge in [0.2, 0.25) is 0 Å². The van der Waals surface area contributed by atoms with E-state index in [4.69, 9.17) is 0 Å². The van der Waals surface area contributed by atoms with Gasteiger partial charge in [-0.25, -0.2) is 5.43 Å². The first-order valence-electron chi connectivity index (χ1n) is 5.81. The molecular formula is C14H12BrN3O2. The van der Waals surface area contributed by atoms with Crippen LogP contribution >= 0.6 is 15.9 Å². The molecule has 0 radical (unpaired) electrons. The molecule has 0 spiro atoms. The van der Waals surface area contributed by atoms with Crippen molar-refractivity contribution in [3.8, 4) is 5.75 Å². The smallest absolute Gasteiger partial charge is 0.275 e. The average Bonchev–Trinajstić information content (AvgIpc) is 2.47. The Balaban J connectivity index is 2.14. The van der Waals surface area contributed by atoms with Crippen molar-refractivity contribution in [2.75, 3.05) is 0 Å². The molecule has 5 nitrogen and oxygen atoms in total. The second kappa shape index (κ2) is 6.29. The van der Waals surface area contributed by atoms with E-state index in [-0.39, 0.29) is 11.3 Å². The molecule has 1 heterocycles. The van der Waals surface area contributed by atoms with Crippen LogP contribution in [0.4, 0.5) is 0 Å². The highest BCUT2D eigenvalue weighted by molar-refractivity contribution is 9.10. The van der Waals surface area contributed by atoms with Crippen molar-refractivity contribution in [3.05, 3.63) is 58.3 Å². The van der Waals surface area contributed by atoms with Gasteiger partial charge in [0.1, 0.15) is 5.75 Å². The summed E-state index contributed by atoms with van der Waals surface area (Å²) in [5.41, 5.74) is 4.00. The number of amides is 1. The number of carbonyl (C=O) groups is 1. The molecule has 2 rings (SSSR count). The van der Waals surface area contributed by atoms with Crippen LogP contribution in [0.15, 0.2) is 52.3 Å². The standard InChI is InChI=1S/C14H12BrN3O2/c1-9(10-3-2-6-16-8-10)17-18-14(20)12-7-11(15)4-5-13(12)19/h2-8,19H,1H3,(H,18,20)/b17-9+. The summed E-state index contributed by atoms with van der Waals surface area (Å²) in [6, 6.07) is 8.25. The highest BCUT2D eigenvalue weighted by Crippen LogP contribution is 2.21. The van der Waals surface area contributed by atoms with Gasteiger partial charge < -0.3 is 5.11 Å². The number of rotatable bonds is 3. The summed E-state index contributed by atoms with van der Waals surface area (Å²) in [6.45, 7) is 1.76. The van der Waals surface area contributed by atoms with Gasteiger partial charge in [-0.15, -0.1) is 0 Å². The number of carbonyl (C=O) groups excluding carboxylic acids is 1. The van der Waals surface area contributed by atoms with E-state index in [1.54, 1.807) is 31.5 Å². The van der Waals surface area contributed by atoms with Gasteiger partial charge in [-0.3, -0.25) is 9.78 Å². The molecule has 0 saturated heterocycles. The molecular weight excluding hydrogens is 322 g/mol. The Kier molecular flexibility index (Phi) is 4.47. The maximum atomic E-state index is 11.9. The van der Waals surface area contributed by atoms with Crippen LogP contribution in [0.2, 0.25) is 0 Å².